The van der Waals surface area contributed by atoms with E-state index >= 15 is 0 Å². The fraction of sp³-hybridized carbons (Fsp3) is 0.100. The Morgan fingerprint density at radius 1 is 1.19 bits per heavy atom. The summed E-state index contributed by atoms with van der Waals surface area (Å²) >= 11 is 3.34. The second kappa shape index (κ2) is 8.37. The molecule has 130 valence electrons. The number of aromatic amines is 1. The third-order valence-corrected chi connectivity index (χ3v) is 4.46. The van der Waals surface area contributed by atoms with Crippen LogP contribution in [-0.4, -0.2) is 17.4 Å². The molecule has 0 aliphatic rings. The lowest BCUT2D eigenvalue weighted by Crippen LogP contribution is -2.17. The lowest BCUT2D eigenvalue weighted by Gasteiger charge is -2.05. The lowest BCUT2D eigenvalue weighted by atomic mass is 10.1. The van der Waals surface area contributed by atoms with Crippen molar-refractivity contribution in [2.75, 3.05) is 11.9 Å². The number of amides is 1. The molecule has 3 N–H and O–H groups in total. The van der Waals surface area contributed by atoms with Crippen LogP contribution in [0.5, 0.6) is 0 Å². The van der Waals surface area contributed by atoms with Crippen LogP contribution < -0.4 is 10.6 Å². The smallest absolute Gasteiger partial charge is 0.267 e. The zero-order valence-corrected chi connectivity index (χ0v) is 15.5. The van der Waals surface area contributed by atoms with Crippen molar-refractivity contribution >= 4 is 38.4 Å². The lowest BCUT2D eigenvalue weighted by molar-refractivity contribution is -0.112. The number of benzene rings is 2. The monoisotopic (exact) mass is 408 g/mol. The first-order chi connectivity index (χ1) is 12.7. The van der Waals surface area contributed by atoms with E-state index in [4.69, 9.17) is 0 Å². The number of para-hydroxylation sites is 1. The Kier molecular flexibility index (Phi) is 5.72. The molecule has 1 heterocycles. The number of nitrogens with zero attached hydrogens (tertiary/aromatic N) is 1. The third-order valence-electron chi connectivity index (χ3n) is 3.93. The number of H-pyrrole nitrogens is 1. The van der Waals surface area contributed by atoms with Crippen molar-refractivity contribution in [1.82, 2.24) is 10.3 Å². The minimum atomic E-state index is -0.436. The SMILES string of the molecule is N#C/C(=C/NCCc1c[nH]c2ccccc12)C(=O)Nc1ccc(Br)cc1. The van der Waals surface area contributed by atoms with Crippen LogP contribution in [0, 0.1) is 11.3 Å². The highest BCUT2D eigenvalue weighted by Crippen LogP contribution is 2.18. The van der Waals surface area contributed by atoms with Gasteiger partial charge >= 0.3 is 0 Å². The Morgan fingerprint density at radius 3 is 2.73 bits per heavy atom. The molecule has 3 rings (SSSR count). The molecule has 0 fully saturated rings. The van der Waals surface area contributed by atoms with E-state index in [2.05, 4.69) is 37.6 Å². The molecule has 0 radical (unpaired) electrons. The van der Waals surface area contributed by atoms with Crippen molar-refractivity contribution in [3.63, 3.8) is 0 Å². The van der Waals surface area contributed by atoms with E-state index in [-0.39, 0.29) is 5.57 Å². The molecule has 0 aliphatic heterocycles. The van der Waals surface area contributed by atoms with Gasteiger partial charge in [-0.25, -0.2) is 0 Å². The maximum Gasteiger partial charge on any atom is 0.267 e. The Balaban J connectivity index is 1.56. The van der Waals surface area contributed by atoms with Gasteiger partial charge in [0.15, 0.2) is 0 Å². The van der Waals surface area contributed by atoms with E-state index in [0.29, 0.717) is 12.2 Å². The first kappa shape index (κ1) is 17.8. The van der Waals surface area contributed by atoms with Gasteiger partial charge in [0.2, 0.25) is 0 Å². The molecule has 0 saturated heterocycles. The Morgan fingerprint density at radius 2 is 1.96 bits per heavy atom. The first-order valence-corrected chi connectivity index (χ1v) is 8.92. The molecule has 0 atom stereocenters. The van der Waals surface area contributed by atoms with Gasteiger partial charge in [-0.15, -0.1) is 0 Å². The summed E-state index contributed by atoms with van der Waals surface area (Å²) in [5, 5.41) is 16.2. The van der Waals surface area contributed by atoms with E-state index in [1.165, 1.54) is 17.1 Å². The molecule has 0 spiro atoms. The summed E-state index contributed by atoms with van der Waals surface area (Å²) in [7, 11) is 0. The quantitative estimate of drug-likeness (QED) is 0.326. The van der Waals surface area contributed by atoms with Gasteiger partial charge in [-0.05, 0) is 42.3 Å². The van der Waals surface area contributed by atoms with Crippen LogP contribution in [0.25, 0.3) is 10.9 Å². The summed E-state index contributed by atoms with van der Waals surface area (Å²) in [5.41, 5.74) is 2.97. The van der Waals surface area contributed by atoms with Crippen LogP contribution in [0.4, 0.5) is 5.69 Å². The highest BCUT2D eigenvalue weighted by atomic mass is 79.9. The second-order valence-electron chi connectivity index (χ2n) is 5.69. The molecule has 5 nitrogen and oxygen atoms in total. The van der Waals surface area contributed by atoms with Gasteiger partial charge in [0, 0.05) is 40.0 Å². The number of nitrogens with one attached hydrogen (secondary N) is 3. The Bertz CT molecular complexity index is 983. The fourth-order valence-corrected chi connectivity index (χ4v) is 2.86. The van der Waals surface area contributed by atoms with Crippen molar-refractivity contribution in [2.24, 2.45) is 0 Å². The third kappa shape index (κ3) is 4.32. The van der Waals surface area contributed by atoms with Gasteiger partial charge in [0.05, 0.1) is 0 Å². The number of carbonyl (C=O) groups is 1. The molecule has 0 unspecified atom stereocenters. The highest BCUT2D eigenvalue weighted by Gasteiger charge is 2.09. The highest BCUT2D eigenvalue weighted by molar-refractivity contribution is 9.10. The number of hydrogen-bond acceptors (Lipinski definition) is 3. The number of fused-ring (bicyclic) bond motifs is 1. The van der Waals surface area contributed by atoms with Gasteiger partial charge < -0.3 is 15.6 Å². The summed E-state index contributed by atoms with van der Waals surface area (Å²) in [6.07, 6.45) is 4.23. The number of carbonyl (C=O) groups excluding carboxylic acids is 1. The molecule has 26 heavy (non-hydrogen) atoms. The van der Waals surface area contributed by atoms with Gasteiger partial charge in [0.1, 0.15) is 11.6 Å². The average molecular weight is 409 g/mol. The predicted molar refractivity (Wildman–Crippen MR) is 106 cm³/mol. The number of aromatic nitrogens is 1. The normalized spacial score (nSPS) is 11.2. The van der Waals surface area contributed by atoms with Crippen LogP contribution >= 0.6 is 15.9 Å². The molecule has 0 aliphatic carbocycles. The Labute approximate surface area is 159 Å². The van der Waals surface area contributed by atoms with E-state index < -0.39 is 5.91 Å². The molecular weight excluding hydrogens is 392 g/mol. The summed E-state index contributed by atoms with van der Waals surface area (Å²) in [4.78, 5) is 15.4. The molecule has 0 bridgehead atoms. The van der Waals surface area contributed by atoms with Crippen LogP contribution in [0.3, 0.4) is 0 Å². The van der Waals surface area contributed by atoms with Gasteiger partial charge in [0.25, 0.3) is 5.91 Å². The maximum absolute atomic E-state index is 12.2. The topological polar surface area (TPSA) is 80.7 Å². The maximum atomic E-state index is 12.2. The molecule has 6 heteroatoms. The van der Waals surface area contributed by atoms with E-state index in [9.17, 15) is 10.1 Å². The van der Waals surface area contributed by atoms with E-state index in [1.54, 1.807) is 12.1 Å². The van der Waals surface area contributed by atoms with Crippen molar-refractivity contribution < 1.29 is 4.79 Å². The van der Waals surface area contributed by atoms with Crippen molar-refractivity contribution in [3.05, 3.63) is 76.5 Å². The summed E-state index contributed by atoms with van der Waals surface area (Å²) in [6.45, 7) is 0.624. The van der Waals surface area contributed by atoms with Crippen molar-refractivity contribution in [1.29, 1.82) is 5.26 Å². The van der Waals surface area contributed by atoms with Crippen LogP contribution in [0.2, 0.25) is 0 Å². The Hall–Kier alpha value is -3.04. The number of rotatable bonds is 6. The zero-order chi connectivity index (χ0) is 18.4. The minimum absolute atomic E-state index is 0.0341. The van der Waals surface area contributed by atoms with Crippen LogP contribution in [0.15, 0.2) is 71.0 Å². The average Bonchev–Trinajstić information content (AvgIpc) is 3.07. The van der Waals surface area contributed by atoms with E-state index in [0.717, 1.165) is 16.4 Å². The predicted octanol–water partition coefficient (Wildman–Crippen LogP) is 4.11. The zero-order valence-electron chi connectivity index (χ0n) is 13.9. The summed E-state index contributed by atoms with van der Waals surface area (Å²) < 4.78 is 0.922. The summed E-state index contributed by atoms with van der Waals surface area (Å²) in [5.74, 6) is -0.436. The van der Waals surface area contributed by atoms with Gasteiger partial charge in [-0.1, -0.05) is 34.1 Å². The number of halogens is 1. The molecule has 3 aromatic rings. The standard InChI is InChI=1S/C20H17BrN4O/c21-16-5-7-17(8-6-16)25-20(26)15(11-22)12-23-10-9-14-13-24-19-4-2-1-3-18(14)19/h1-8,12-13,23-24H,9-10H2,(H,25,26)/b15-12-. The van der Waals surface area contributed by atoms with E-state index in [1.807, 2.05) is 42.6 Å². The van der Waals surface area contributed by atoms with Crippen molar-refractivity contribution in [2.45, 2.75) is 6.42 Å². The molecule has 2 aromatic carbocycles. The minimum Gasteiger partial charge on any atom is -0.389 e. The van der Waals surface area contributed by atoms with Crippen LogP contribution in [0.1, 0.15) is 5.56 Å². The first-order valence-electron chi connectivity index (χ1n) is 8.13. The molecule has 1 aromatic heterocycles. The second-order valence-corrected chi connectivity index (χ2v) is 6.61. The van der Waals surface area contributed by atoms with Gasteiger partial charge in [-0.2, -0.15) is 5.26 Å². The largest absolute Gasteiger partial charge is 0.389 e. The summed E-state index contributed by atoms with van der Waals surface area (Å²) in [6, 6.07) is 17.2. The molecular formula is C20H17BrN4O. The number of anilines is 1. The fourth-order valence-electron chi connectivity index (χ4n) is 2.60. The molecule has 0 saturated carbocycles. The van der Waals surface area contributed by atoms with Crippen molar-refractivity contribution in [3.8, 4) is 6.07 Å². The number of nitriles is 1. The number of hydrogen-bond donors (Lipinski definition) is 3. The van der Waals surface area contributed by atoms with Gasteiger partial charge in [-0.3, -0.25) is 4.79 Å². The van der Waals surface area contributed by atoms with Crippen LogP contribution in [-0.2, 0) is 11.2 Å². The molecule has 1 amide bonds.